The highest BCUT2D eigenvalue weighted by molar-refractivity contribution is 5.77. The standard InChI is InChI=1S/C30H50N2O4/c1-19(5-10-27(34)32-16-15-31(28(35)36)18-20(32)2)24-8-9-25-23-7-6-21-17-22(33)11-13-29(21,3)26(23)12-14-30(24,25)4/h19-26,33H,5-18H2,1-4H3,(H,35,36)/t19-,20+,21+,22+,23+,24-,25+,26+,29+,30-/m1/s1. The molecule has 0 aromatic heterocycles. The van der Waals surface area contributed by atoms with Crippen molar-refractivity contribution in [2.45, 2.75) is 110 Å². The van der Waals surface area contributed by atoms with E-state index in [4.69, 9.17) is 0 Å². The molecule has 5 rings (SSSR count). The number of carbonyl (C=O) groups is 2. The number of nitrogens with zero attached hydrogens (tertiary/aromatic N) is 2. The maximum Gasteiger partial charge on any atom is 0.407 e. The number of fused-ring (bicyclic) bond motifs is 5. The molecule has 1 aliphatic heterocycles. The Balaban J connectivity index is 1.19. The molecular weight excluding hydrogens is 452 g/mol. The number of rotatable bonds is 4. The molecule has 4 saturated carbocycles. The van der Waals surface area contributed by atoms with Crippen molar-refractivity contribution in [1.82, 2.24) is 9.80 Å². The lowest BCUT2D eigenvalue weighted by Gasteiger charge is -2.61. The quantitative estimate of drug-likeness (QED) is 0.522. The van der Waals surface area contributed by atoms with Crippen molar-refractivity contribution in [2.75, 3.05) is 19.6 Å². The summed E-state index contributed by atoms with van der Waals surface area (Å²) in [4.78, 5) is 27.7. The molecule has 1 saturated heterocycles. The molecular formula is C30H50N2O4. The topological polar surface area (TPSA) is 81.1 Å². The second-order valence-electron chi connectivity index (χ2n) is 14.0. The summed E-state index contributed by atoms with van der Waals surface area (Å²) in [7, 11) is 0. The second-order valence-corrected chi connectivity index (χ2v) is 14.0. The zero-order valence-corrected chi connectivity index (χ0v) is 23.1. The van der Waals surface area contributed by atoms with Crippen LogP contribution >= 0.6 is 0 Å². The van der Waals surface area contributed by atoms with Crippen molar-refractivity contribution in [3.8, 4) is 0 Å². The van der Waals surface area contributed by atoms with Gasteiger partial charge in [0.2, 0.25) is 5.91 Å². The van der Waals surface area contributed by atoms with E-state index >= 15 is 0 Å². The van der Waals surface area contributed by atoms with E-state index in [1.54, 1.807) is 0 Å². The Morgan fingerprint density at radius 3 is 2.42 bits per heavy atom. The van der Waals surface area contributed by atoms with E-state index in [1.807, 2.05) is 11.8 Å². The van der Waals surface area contributed by atoms with Gasteiger partial charge in [-0.1, -0.05) is 20.8 Å². The fraction of sp³-hybridized carbons (Fsp3) is 0.933. The van der Waals surface area contributed by atoms with E-state index in [0.29, 0.717) is 54.6 Å². The third-order valence-corrected chi connectivity index (χ3v) is 12.4. The predicted molar refractivity (Wildman–Crippen MR) is 140 cm³/mol. The number of aliphatic hydroxyl groups excluding tert-OH is 1. The summed E-state index contributed by atoms with van der Waals surface area (Å²) in [5.41, 5.74) is 0.836. The maximum absolute atomic E-state index is 13.1. The summed E-state index contributed by atoms with van der Waals surface area (Å²) in [6, 6.07) is -0.0429. The van der Waals surface area contributed by atoms with Crippen molar-refractivity contribution in [3.63, 3.8) is 0 Å². The molecule has 0 radical (unpaired) electrons. The van der Waals surface area contributed by atoms with Crippen LogP contribution in [0.15, 0.2) is 0 Å². The zero-order chi connectivity index (χ0) is 25.8. The lowest BCUT2D eigenvalue weighted by molar-refractivity contribution is -0.136. The summed E-state index contributed by atoms with van der Waals surface area (Å²) in [5, 5.41) is 19.6. The van der Waals surface area contributed by atoms with Crippen LogP contribution in [-0.2, 0) is 4.79 Å². The van der Waals surface area contributed by atoms with Crippen LogP contribution in [0.25, 0.3) is 0 Å². The van der Waals surface area contributed by atoms with Crippen LogP contribution in [0.3, 0.4) is 0 Å². The number of piperazine rings is 1. The minimum Gasteiger partial charge on any atom is -0.465 e. The van der Waals surface area contributed by atoms with Crippen LogP contribution < -0.4 is 0 Å². The Bertz CT molecular complexity index is 849. The first-order valence-corrected chi connectivity index (χ1v) is 15.0. The number of amides is 2. The SMILES string of the molecule is C[C@H](CCC(=O)N1CCN(C(=O)O)C[C@@H]1C)[C@H]1CC[C@H]2[C@@H]3CC[C@H]4C[C@@H](O)CC[C@]4(C)[C@H]3CC[C@]12C. The van der Waals surface area contributed by atoms with Gasteiger partial charge >= 0.3 is 6.09 Å². The van der Waals surface area contributed by atoms with Crippen LogP contribution in [-0.4, -0.2) is 63.8 Å². The van der Waals surface area contributed by atoms with E-state index in [-0.39, 0.29) is 18.1 Å². The molecule has 0 aromatic carbocycles. The lowest BCUT2D eigenvalue weighted by atomic mass is 9.44. The summed E-state index contributed by atoms with van der Waals surface area (Å²) in [6.07, 6.45) is 11.8. The molecule has 1 heterocycles. The molecule has 10 atom stereocenters. The maximum atomic E-state index is 13.1. The summed E-state index contributed by atoms with van der Waals surface area (Å²) >= 11 is 0. The Morgan fingerprint density at radius 2 is 1.69 bits per heavy atom. The van der Waals surface area contributed by atoms with Crippen molar-refractivity contribution < 1.29 is 19.8 Å². The molecule has 5 aliphatic rings. The van der Waals surface area contributed by atoms with Gasteiger partial charge in [0.05, 0.1) is 6.10 Å². The van der Waals surface area contributed by atoms with Gasteiger partial charge in [-0.25, -0.2) is 4.79 Å². The molecule has 4 aliphatic carbocycles. The molecule has 0 spiro atoms. The van der Waals surface area contributed by atoms with Gasteiger partial charge in [-0.3, -0.25) is 4.79 Å². The van der Waals surface area contributed by atoms with Crippen LogP contribution in [0.1, 0.15) is 98.3 Å². The van der Waals surface area contributed by atoms with Gasteiger partial charge in [0.15, 0.2) is 0 Å². The van der Waals surface area contributed by atoms with E-state index in [0.717, 1.165) is 37.0 Å². The van der Waals surface area contributed by atoms with Crippen molar-refractivity contribution in [2.24, 2.45) is 46.3 Å². The molecule has 0 aromatic rings. The average Bonchev–Trinajstić information content (AvgIpc) is 3.20. The fourth-order valence-electron chi connectivity index (χ4n) is 10.4. The monoisotopic (exact) mass is 502 g/mol. The van der Waals surface area contributed by atoms with E-state index in [9.17, 15) is 19.8 Å². The third kappa shape index (κ3) is 4.37. The zero-order valence-electron chi connectivity index (χ0n) is 23.1. The number of hydrogen-bond donors (Lipinski definition) is 2. The first-order valence-electron chi connectivity index (χ1n) is 15.0. The number of carbonyl (C=O) groups excluding carboxylic acids is 1. The van der Waals surface area contributed by atoms with Crippen LogP contribution in [0.4, 0.5) is 4.79 Å². The summed E-state index contributed by atoms with van der Waals surface area (Å²) < 4.78 is 0. The average molecular weight is 503 g/mol. The highest BCUT2D eigenvalue weighted by Gasteiger charge is 2.60. The van der Waals surface area contributed by atoms with Crippen LogP contribution in [0, 0.1) is 46.3 Å². The van der Waals surface area contributed by atoms with Gasteiger partial charge in [0, 0.05) is 32.1 Å². The number of aliphatic hydroxyl groups is 1. The smallest absolute Gasteiger partial charge is 0.407 e. The van der Waals surface area contributed by atoms with Gasteiger partial charge in [0.25, 0.3) is 0 Å². The molecule has 0 unspecified atom stereocenters. The highest BCUT2D eigenvalue weighted by atomic mass is 16.4. The largest absolute Gasteiger partial charge is 0.465 e. The molecule has 204 valence electrons. The number of hydrogen-bond acceptors (Lipinski definition) is 3. The first-order chi connectivity index (χ1) is 17.0. The molecule has 6 nitrogen and oxygen atoms in total. The lowest BCUT2D eigenvalue weighted by Crippen LogP contribution is -2.55. The van der Waals surface area contributed by atoms with Crippen molar-refractivity contribution in [3.05, 3.63) is 0 Å². The van der Waals surface area contributed by atoms with Gasteiger partial charge in [-0.2, -0.15) is 0 Å². The summed E-state index contributed by atoms with van der Waals surface area (Å²) in [6.45, 7) is 10.9. The van der Waals surface area contributed by atoms with E-state index in [2.05, 4.69) is 20.8 Å². The van der Waals surface area contributed by atoms with Crippen molar-refractivity contribution >= 4 is 12.0 Å². The summed E-state index contributed by atoms with van der Waals surface area (Å²) in [5.74, 6) is 4.69. The van der Waals surface area contributed by atoms with Gasteiger partial charge < -0.3 is 20.0 Å². The van der Waals surface area contributed by atoms with Gasteiger partial charge in [-0.05, 0) is 117 Å². The predicted octanol–water partition coefficient (Wildman–Crippen LogP) is 5.63. The van der Waals surface area contributed by atoms with Crippen LogP contribution in [0.5, 0.6) is 0 Å². The molecule has 0 bridgehead atoms. The van der Waals surface area contributed by atoms with E-state index in [1.165, 1.54) is 49.8 Å². The van der Waals surface area contributed by atoms with Crippen LogP contribution in [0.2, 0.25) is 0 Å². The first kappa shape index (κ1) is 26.3. The molecule has 2 N–H and O–H groups in total. The number of carboxylic acid groups (broad SMARTS) is 1. The van der Waals surface area contributed by atoms with Gasteiger partial charge in [-0.15, -0.1) is 0 Å². The Kier molecular flexibility index (Phi) is 7.15. The second kappa shape index (κ2) is 9.78. The molecule has 36 heavy (non-hydrogen) atoms. The third-order valence-electron chi connectivity index (χ3n) is 12.4. The Labute approximate surface area is 218 Å². The fourth-order valence-corrected chi connectivity index (χ4v) is 10.4. The van der Waals surface area contributed by atoms with E-state index < -0.39 is 6.09 Å². The Hall–Kier alpha value is -1.30. The normalized spacial score (nSPS) is 45.4. The molecule has 2 amide bonds. The minimum absolute atomic E-state index is 0.0429. The molecule has 6 heteroatoms. The highest BCUT2D eigenvalue weighted by Crippen LogP contribution is 2.68. The van der Waals surface area contributed by atoms with Crippen molar-refractivity contribution in [1.29, 1.82) is 0 Å². The Morgan fingerprint density at radius 1 is 0.972 bits per heavy atom. The molecule has 5 fully saturated rings. The minimum atomic E-state index is -0.884. The van der Waals surface area contributed by atoms with Gasteiger partial charge in [0.1, 0.15) is 0 Å².